The van der Waals surface area contributed by atoms with Gasteiger partial charge in [0.2, 0.25) is 0 Å². The second-order valence-electron chi connectivity index (χ2n) is 3.75. The fourth-order valence-electron chi connectivity index (χ4n) is 1.65. The molecule has 20 heavy (non-hydrogen) atoms. The van der Waals surface area contributed by atoms with Crippen LogP contribution in [0.1, 0.15) is 6.04 Å². The normalized spacial score (nSPS) is 19.6. The predicted molar refractivity (Wildman–Crippen MR) is 82.7 cm³/mol. The van der Waals surface area contributed by atoms with E-state index in [2.05, 4.69) is 5.10 Å². The lowest BCUT2D eigenvalue weighted by atomic mass is 10.1. The molecule has 1 aromatic rings. The molecule has 0 spiro atoms. The second-order valence-corrected chi connectivity index (χ2v) is 6.79. The molecular formula is C10H7Cl4N3O2S. The Morgan fingerprint density at radius 2 is 2.10 bits per heavy atom. The number of nitrogens with zero attached hydrogens (tertiary/aromatic N) is 3. The summed E-state index contributed by atoms with van der Waals surface area (Å²) in [5.41, 5.74) is -0.618. The molecule has 0 fully saturated rings. The molecule has 1 atom stereocenters. The fraction of sp³-hybridized carbons (Fsp3) is 0.300. The van der Waals surface area contributed by atoms with Gasteiger partial charge >= 0.3 is 5.69 Å². The molecule has 0 saturated heterocycles. The average Bonchev–Trinajstić information content (AvgIpc) is 2.74. The van der Waals surface area contributed by atoms with E-state index in [1.165, 1.54) is 18.0 Å². The lowest BCUT2D eigenvalue weighted by Crippen LogP contribution is -2.35. The van der Waals surface area contributed by atoms with Crippen molar-refractivity contribution >= 4 is 63.5 Å². The Kier molecular flexibility index (Phi) is 4.51. The van der Waals surface area contributed by atoms with Crippen LogP contribution in [0.25, 0.3) is 0 Å². The predicted octanol–water partition coefficient (Wildman–Crippen LogP) is 2.91. The van der Waals surface area contributed by atoms with Crippen molar-refractivity contribution in [1.82, 2.24) is 14.3 Å². The van der Waals surface area contributed by atoms with Crippen molar-refractivity contribution in [2.45, 2.75) is 9.96 Å². The molecule has 0 bridgehead atoms. The summed E-state index contributed by atoms with van der Waals surface area (Å²) >= 11 is 28.2. The van der Waals surface area contributed by atoms with Gasteiger partial charge in [0.15, 0.2) is 0 Å². The number of allylic oxidation sites excluding steroid dienone is 3. The number of alkyl halides is 3. The maximum absolute atomic E-state index is 12.1. The molecule has 1 aliphatic carbocycles. The first-order valence-electron chi connectivity index (χ1n) is 5.17. The first-order valence-corrected chi connectivity index (χ1v) is 7.09. The van der Waals surface area contributed by atoms with Gasteiger partial charge in [-0.3, -0.25) is 4.57 Å². The molecule has 0 aromatic carbocycles. The molecule has 0 N–H and O–H groups in total. The summed E-state index contributed by atoms with van der Waals surface area (Å²) < 4.78 is 5.01. The van der Waals surface area contributed by atoms with Crippen LogP contribution >= 0.6 is 58.6 Å². The van der Waals surface area contributed by atoms with E-state index in [4.69, 9.17) is 63.4 Å². The molecule has 108 valence electrons. The van der Waals surface area contributed by atoms with Gasteiger partial charge in [-0.25, -0.2) is 4.79 Å². The van der Waals surface area contributed by atoms with Gasteiger partial charge < -0.3 is 4.74 Å². The average molecular weight is 375 g/mol. The van der Waals surface area contributed by atoms with Gasteiger partial charge in [0.05, 0.1) is 23.0 Å². The fourth-order valence-corrected chi connectivity index (χ4v) is 2.54. The molecule has 0 radical (unpaired) electrons. The Bertz CT molecular complexity index is 671. The standard InChI is InChI=1S/C10H7Cl4N3O2S/c1-19-6-3-2-5(8(20)7(6)11)16-4-15-17(9(16)18)10(12,13)14/h2-5H,1H3. The van der Waals surface area contributed by atoms with Crippen molar-refractivity contribution in [3.05, 3.63) is 39.8 Å². The van der Waals surface area contributed by atoms with Crippen molar-refractivity contribution in [2.75, 3.05) is 7.11 Å². The van der Waals surface area contributed by atoms with Gasteiger partial charge in [0, 0.05) is 0 Å². The molecule has 0 aliphatic heterocycles. The molecule has 1 unspecified atom stereocenters. The highest BCUT2D eigenvalue weighted by Gasteiger charge is 2.31. The van der Waals surface area contributed by atoms with Crippen molar-refractivity contribution in [3.63, 3.8) is 0 Å². The lowest BCUT2D eigenvalue weighted by Gasteiger charge is -2.19. The zero-order valence-electron chi connectivity index (χ0n) is 9.89. The Morgan fingerprint density at radius 3 is 2.60 bits per heavy atom. The molecule has 10 heteroatoms. The maximum Gasteiger partial charge on any atom is 0.350 e. The van der Waals surface area contributed by atoms with Crippen molar-refractivity contribution in [3.8, 4) is 0 Å². The van der Waals surface area contributed by atoms with Crippen LogP contribution in [0.15, 0.2) is 34.1 Å². The Balaban J connectivity index is 2.44. The molecule has 1 aliphatic rings. The van der Waals surface area contributed by atoms with Crippen LogP contribution in [0.2, 0.25) is 0 Å². The van der Waals surface area contributed by atoms with Crippen molar-refractivity contribution in [1.29, 1.82) is 0 Å². The topological polar surface area (TPSA) is 49.0 Å². The van der Waals surface area contributed by atoms with Gasteiger partial charge in [-0.05, 0) is 6.08 Å². The van der Waals surface area contributed by atoms with E-state index in [1.54, 1.807) is 12.2 Å². The summed E-state index contributed by atoms with van der Waals surface area (Å²) in [4.78, 5) is 12.5. The number of halogens is 4. The number of hydrogen-bond donors (Lipinski definition) is 0. The zero-order valence-corrected chi connectivity index (χ0v) is 13.7. The van der Waals surface area contributed by atoms with Crippen LogP contribution in [-0.2, 0) is 8.65 Å². The molecule has 1 aromatic heterocycles. The first-order chi connectivity index (χ1) is 9.27. The molecule has 2 rings (SSSR count). The van der Waals surface area contributed by atoms with E-state index in [9.17, 15) is 4.79 Å². The van der Waals surface area contributed by atoms with Gasteiger partial charge in [-0.15, -0.1) is 0 Å². The van der Waals surface area contributed by atoms with Gasteiger partial charge in [-0.2, -0.15) is 9.78 Å². The zero-order chi connectivity index (χ0) is 15.1. The second kappa shape index (κ2) is 5.69. The minimum absolute atomic E-state index is 0.253. The van der Waals surface area contributed by atoms with Crippen molar-refractivity contribution < 1.29 is 4.74 Å². The summed E-state index contributed by atoms with van der Waals surface area (Å²) in [7, 11) is 1.47. The Labute approximate surface area is 139 Å². The van der Waals surface area contributed by atoms with Crippen LogP contribution in [0.3, 0.4) is 0 Å². The lowest BCUT2D eigenvalue weighted by molar-refractivity contribution is 0.305. The Morgan fingerprint density at radius 1 is 1.45 bits per heavy atom. The first kappa shape index (κ1) is 15.9. The third-order valence-corrected chi connectivity index (χ3v) is 4.01. The SMILES string of the molecule is COC1=C(Cl)C(=S)C(n2cnn(C(Cl)(Cl)Cl)c2=O)C=C1. The Hall–Kier alpha value is -0.530. The highest BCUT2D eigenvalue weighted by atomic mass is 35.6. The van der Waals surface area contributed by atoms with E-state index in [-0.39, 0.29) is 5.03 Å². The summed E-state index contributed by atoms with van der Waals surface area (Å²) in [6, 6.07) is -0.593. The summed E-state index contributed by atoms with van der Waals surface area (Å²) in [5.74, 6) is 0.426. The van der Waals surface area contributed by atoms with E-state index in [1.807, 2.05) is 0 Å². The van der Waals surface area contributed by atoms with Crippen LogP contribution in [0, 0.1) is 0 Å². The van der Waals surface area contributed by atoms with Crippen LogP contribution < -0.4 is 5.69 Å². The molecule has 5 nitrogen and oxygen atoms in total. The maximum atomic E-state index is 12.1. The summed E-state index contributed by atoms with van der Waals surface area (Å²) in [6.45, 7) is 0. The molecule has 1 heterocycles. The van der Waals surface area contributed by atoms with E-state index in [0.29, 0.717) is 10.6 Å². The number of ether oxygens (including phenoxy) is 1. The highest BCUT2D eigenvalue weighted by Crippen LogP contribution is 2.31. The number of hydrogen-bond acceptors (Lipinski definition) is 4. The number of aromatic nitrogens is 3. The monoisotopic (exact) mass is 373 g/mol. The smallest absolute Gasteiger partial charge is 0.350 e. The van der Waals surface area contributed by atoms with Gasteiger partial charge in [0.25, 0.3) is 3.92 Å². The van der Waals surface area contributed by atoms with E-state index < -0.39 is 15.6 Å². The van der Waals surface area contributed by atoms with E-state index >= 15 is 0 Å². The summed E-state index contributed by atoms with van der Waals surface area (Å²) in [6.07, 6.45) is 4.49. The minimum Gasteiger partial charge on any atom is -0.495 e. The number of methoxy groups -OCH3 is 1. The number of rotatable bonds is 2. The van der Waals surface area contributed by atoms with Gasteiger partial charge in [-0.1, -0.05) is 64.7 Å². The van der Waals surface area contributed by atoms with E-state index in [0.717, 1.165) is 4.68 Å². The van der Waals surface area contributed by atoms with Crippen LogP contribution in [0.5, 0.6) is 0 Å². The van der Waals surface area contributed by atoms with Crippen molar-refractivity contribution in [2.24, 2.45) is 0 Å². The molecule has 0 amide bonds. The van der Waals surface area contributed by atoms with Gasteiger partial charge in [0.1, 0.15) is 12.1 Å². The molecular weight excluding hydrogens is 368 g/mol. The third kappa shape index (κ3) is 2.76. The number of thiocarbonyl (C=S) groups is 1. The highest BCUT2D eigenvalue weighted by molar-refractivity contribution is 7.81. The quantitative estimate of drug-likeness (QED) is 0.589. The third-order valence-electron chi connectivity index (χ3n) is 2.58. The minimum atomic E-state index is -1.97. The summed E-state index contributed by atoms with van der Waals surface area (Å²) in [5, 5.41) is 4.00. The molecule has 0 saturated carbocycles. The van der Waals surface area contributed by atoms with Crippen LogP contribution in [-0.4, -0.2) is 26.3 Å². The van der Waals surface area contributed by atoms with Crippen LogP contribution in [0.4, 0.5) is 0 Å². The largest absolute Gasteiger partial charge is 0.495 e.